The Balaban J connectivity index is 0.843. The van der Waals surface area contributed by atoms with E-state index < -0.39 is 0 Å². The first-order chi connectivity index (χ1) is 66.2. The fraction of sp³-hybridized carbons (Fsp3) is 0.387. The standard InChI is InChI=1S/C124H138N4O6/c1-5-9-13-17-21-25-29-33-37-41-49-85-57-67-95(68-58-85)131-107-81-101-111-104(124(130)128-120-100-80-92-56-48-46-54-90(92)78-94(100)65-75-105(120)125-121(101)128)84-110(134-98-73-63-88(64-74-98)52-44-40-36-32-28-24-20-16-12-8-4)116-115-109(133-97-71-61-87(62-72-97)51-43-39-35-31-27-23-19-15-11-7-3)83-103-112-102(122-126-119-99-79-91-55-47-45-53-89(91)77-93(99)66-76-106(119)127(122)123(103)129)82-108(114(118(112)115)113(107)117(111)116)132-96-69-59-86(60-70-96)50-42-38-34-30-26-22-18-14-10-6-2/h45-48,53-84,125-126H,5-44,49-52H2,1-4H3. The molecule has 10 heteroatoms. The Kier molecular flexibility index (Phi) is 29.7. The van der Waals surface area contributed by atoms with E-state index in [-0.39, 0.29) is 11.1 Å². The van der Waals surface area contributed by atoms with Crippen LogP contribution < -0.4 is 30.1 Å². The fourth-order valence-corrected chi connectivity index (χ4v) is 22.2. The Morgan fingerprint density at radius 2 is 0.515 bits per heavy atom. The van der Waals surface area contributed by atoms with Crippen molar-refractivity contribution in [3.8, 4) is 46.0 Å². The molecule has 19 rings (SSSR count). The van der Waals surface area contributed by atoms with Crippen LogP contribution >= 0.6 is 0 Å². The fourth-order valence-electron chi connectivity index (χ4n) is 22.2. The highest BCUT2D eigenvalue weighted by atomic mass is 16.5. The topological polar surface area (TPSA) is 111 Å². The van der Waals surface area contributed by atoms with E-state index in [4.69, 9.17) is 18.9 Å². The highest BCUT2D eigenvalue weighted by Crippen LogP contribution is 2.58. The molecule has 2 N–H and O–H groups in total. The quantitative estimate of drug-likeness (QED) is 0.0223. The third-order valence-corrected chi connectivity index (χ3v) is 29.6. The molecule has 0 bridgehead atoms. The minimum atomic E-state index is -0.200. The molecule has 4 aromatic heterocycles. The van der Waals surface area contributed by atoms with E-state index in [1.165, 1.54) is 253 Å². The predicted molar refractivity (Wildman–Crippen MR) is 570 cm³/mol. The molecule has 0 aliphatic rings. The number of aromatic nitrogens is 4. The van der Waals surface area contributed by atoms with Gasteiger partial charge in [-0.15, -0.1) is 0 Å². The number of rotatable bonds is 52. The average molecular weight is 1780 g/mol. The van der Waals surface area contributed by atoms with E-state index in [0.717, 1.165) is 149 Å². The summed E-state index contributed by atoms with van der Waals surface area (Å²) >= 11 is 0. The number of fused-ring (bicyclic) bond motifs is 16. The van der Waals surface area contributed by atoms with Crippen LogP contribution in [-0.4, -0.2) is 18.8 Å². The molecule has 4 heterocycles. The number of nitrogens with zero attached hydrogens (tertiary/aromatic N) is 2. The Morgan fingerprint density at radius 3 is 0.858 bits per heavy atom. The van der Waals surface area contributed by atoms with Gasteiger partial charge in [0.1, 0.15) is 57.3 Å². The van der Waals surface area contributed by atoms with Crippen molar-refractivity contribution in [1.29, 1.82) is 0 Å². The summed E-state index contributed by atoms with van der Waals surface area (Å²) in [6, 6.07) is 77.8. The third kappa shape index (κ3) is 20.0. The molecule has 0 fully saturated rings. The molecule has 0 unspecified atom stereocenters. The number of pyridine rings is 2. The average Bonchev–Trinajstić information content (AvgIpc) is 1.16. The molecule has 0 saturated heterocycles. The summed E-state index contributed by atoms with van der Waals surface area (Å²) in [4.78, 5) is 42.2. The van der Waals surface area contributed by atoms with Crippen molar-refractivity contribution in [2.24, 2.45) is 0 Å². The lowest BCUT2D eigenvalue weighted by Crippen LogP contribution is -2.15. The summed E-state index contributed by atoms with van der Waals surface area (Å²) in [5.74, 6) is 4.54. The molecule has 0 aliphatic carbocycles. The van der Waals surface area contributed by atoms with Crippen molar-refractivity contribution in [2.75, 3.05) is 0 Å². The number of aromatic amines is 2. The summed E-state index contributed by atoms with van der Waals surface area (Å²) in [6.45, 7) is 9.17. The Hall–Kier alpha value is -11.9. The van der Waals surface area contributed by atoms with Crippen LogP contribution in [0.5, 0.6) is 46.0 Å². The molecule has 15 aromatic carbocycles. The van der Waals surface area contributed by atoms with Gasteiger partial charge in [0, 0.05) is 64.6 Å². The molecule has 10 nitrogen and oxygen atoms in total. The van der Waals surface area contributed by atoms with Crippen molar-refractivity contribution in [2.45, 2.75) is 310 Å². The third-order valence-electron chi connectivity index (χ3n) is 29.6. The van der Waals surface area contributed by atoms with E-state index in [0.29, 0.717) is 89.6 Å². The number of nitrogens with one attached hydrogen (secondary N) is 2. The van der Waals surface area contributed by atoms with E-state index in [1.54, 1.807) is 0 Å². The Bertz CT molecular complexity index is 7200. The number of hydrogen-bond acceptors (Lipinski definition) is 6. The van der Waals surface area contributed by atoms with Gasteiger partial charge in [-0.25, -0.2) is 0 Å². The molecule has 0 aliphatic heterocycles. The first-order valence-electron chi connectivity index (χ1n) is 52.5. The molecule has 0 saturated carbocycles. The molecule has 0 spiro atoms. The van der Waals surface area contributed by atoms with Gasteiger partial charge in [0.15, 0.2) is 0 Å². The minimum Gasteiger partial charge on any atom is -0.457 e. The zero-order chi connectivity index (χ0) is 91.1. The molecular weight excluding hydrogens is 1640 g/mol. The highest BCUT2D eigenvalue weighted by molar-refractivity contribution is 6.45. The lowest BCUT2D eigenvalue weighted by Gasteiger charge is -2.25. The zero-order valence-electron chi connectivity index (χ0n) is 80.2. The first-order valence-corrected chi connectivity index (χ1v) is 52.5. The van der Waals surface area contributed by atoms with Crippen molar-refractivity contribution in [3.05, 3.63) is 261 Å². The molecule has 690 valence electrons. The number of benzene rings is 15. The summed E-state index contributed by atoms with van der Waals surface area (Å²) in [6.07, 6.45) is 55.0. The van der Waals surface area contributed by atoms with Crippen LogP contribution in [0, 0.1) is 0 Å². The SMILES string of the molecule is CCCCCCCCCCCCc1ccc(Oc2cc3c(=O)n4c5ccc6cc7ccccc7cc6c5[nH]c4c4cc(Oc5ccc(CCCCCCCCCCCC)cc5)c5c6c(Oc7ccc(CCCCCCCCCCCC)cc7)cc7c8c(cc(Oc9ccc(CCCCCCCCCCCC)cc9)c(c2c5c34)c68)c(=O)n2c7[nH]c3ccc4cc5ccccc5cc4c32)cc1. The van der Waals surface area contributed by atoms with Crippen LogP contribution in [0.4, 0.5) is 0 Å². The number of aryl methyl sites for hydroxylation is 4. The zero-order valence-corrected chi connectivity index (χ0v) is 80.2. The van der Waals surface area contributed by atoms with Crippen molar-refractivity contribution in [1.82, 2.24) is 18.8 Å². The molecule has 134 heavy (non-hydrogen) atoms. The van der Waals surface area contributed by atoms with Gasteiger partial charge < -0.3 is 28.9 Å². The summed E-state index contributed by atoms with van der Waals surface area (Å²) in [5.41, 5.74) is 9.11. The Morgan fingerprint density at radius 1 is 0.231 bits per heavy atom. The van der Waals surface area contributed by atoms with Gasteiger partial charge in [-0.2, -0.15) is 0 Å². The van der Waals surface area contributed by atoms with Gasteiger partial charge >= 0.3 is 0 Å². The van der Waals surface area contributed by atoms with Crippen LogP contribution in [0.15, 0.2) is 228 Å². The maximum absolute atomic E-state index is 17.2. The monoisotopic (exact) mass is 1780 g/mol. The number of hydrogen-bond donors (Lipinski definition) is 2. The van der Waals surface area contributed by atoms with Gasteiger partial charge in [-0.1, -0.05) is 368 Å². The van der Waals surface area contributed by atoms with E-state index in [9.17, 15) is 0 Å². The van der Waals surface area contributed by atoms with E-state index >= 15 is 9.59 Å². The maximum atomic E-state index is 17.2. The summed E-state index contributed by atoms with van der Waals surface area (Å²) < 4.78 is 35.2. The van der Waals surface area contributed by atoms with Gasteiger partial charge in [-0.3, -0.25) is 18.4 Å². The van der Waals surface area contributed by atoms with Crippen LogP contribution in [0.25, 0.3) is 141 Å². The number of ether oxygens (including phenoxy) is 4. The largest absolute Gasteiger partial charge is 0.457 e. The smallest absolute Gasteiger partial charge is 0.264 e. The van der Waals surface area contributed by atoms with Gasteiger partial charge in [0.05, 0.1) is 32.8 Å². The lowest BCUT2D eigenvalue weighted by molar-refractivity contribution is 0.483. The summed E-state index contributed by atoms with van der Waals surface area (Å²) in [5, 5.41) is 16.7. The van der Waals surface area contributed by atoms with Crippen LogP contribution in [0.3, 0.4) is 0 Å². The maximum Gasteiger partial charge on any atom is 0.264 e. The minimum absolute atomic E-state index is 0.200. The van der Waals surface area contributed by atoms with Crippen molar-refractivity contribution >= 4 is 141 Å². The predicted octanol–water partition coefficient (Wildman–Crippen LogP) is 37.3. The lowest BCUT2D eigenvalue weighted by atomic mass is 9.84. The van der Waals surface area contributed by atoms with Gasteiger partial charge in [-0.05, 0) is 215 Å². The molecule has 0 amide bonds. The van der Waals surface area contributed by atoms with Crippen molar-refractivity contribution in [3.63, 3.8) is 0 Å². The number of unbranched alkanes of at least 4 members (excludes halogenated alkanes) is 36. The second kappa shape index (κ2) is 43.6. The second-order valence-corrected chi connectivity index (χ2v) is 39.4. The Labute approximate surface area is 791 Å². The highest BCUT2D eigenvalue weighted by Gasteiger charge is 2.34. The molecule has 0 atom stereocenters. The number of H-pyrrole nitrogens is 2. The molecular formula is C124H138N4O6. The van der Waals surface area contributed by atoms with Gasteiger partial charge in [0.2, 0.25) is 0 Å². The molecule has 0 radical (unpaired) electrons. The van der Waals surface area contributed by atoms with E-state index in [1.807, 2.05) is 20.9 Å². The summed E-state index contributed by atoms with van der Waals surface area (Å²) in [7, 11) is 0. The molecule has 19 aromatic rings. The number of imidazole rings is 2. The van der Waals surface area contributed by atoms with Crippen LogP contribution in [0.1, 0.15) is 307 Å². The van der Waals surface area contributed by atoms with Crippen molar-refractivity contribution < 1.29 is 18.9 Å². The first kappa shape index (κ1) is 91.2. The second-order valence-electron chi connectivity index (χ2n) is 39.4. The van der Waals surface area contributed by atoms with Crippen LogP contribution in [-0.2, 0) is 25.7 Å². The normalized spacial score (nSPS) is 12.2. The van der Waals surface area contributed by atoms with Crippen LogP contribution in [0.2, 0.25) is 0 Å². The van der Waals surface area contributed by atoms with E-state index in [2.05, 4.69) is 244 Å². The van der Waals surface area contributed by atoms with Gasteiger partial charge in [0.25, 0.3) is 11.1 Å².